The van der Waals surface area contributed by atoms with Gasteiger partial charge in [-0.2, -0.15) is 0 Å². The molecule has 1 aromatic carbocycles. The number of hydrogen-bond donors (Lipinski definition) is 1. The van der Waals surface area contributed by atoms with Gasteiger partial charge in [0.05, 0.1) is 0 Å². The number of ether oxygens (including phenoxy) is 2. The summed E-state index contributed by atoms with van der Waals surface area (Å²) in [4.78, 5) is 0. The third kappa shape index (κ3) is 2.39. The van der Waals surface area contributed by atoms with E-state index in [0.29, 0.717) is 6.04 Å². The van der Waals surface area contributed by atoms with Gasteiger partial charge in [0, 0.05) is 24.0 Å². The highest BCUT2D eigenvalue weighted by Gasteiger charge is 2.42. The van der Waals surface area contributed by atoms with Crippen molar-refractivity contribution in [1.82, 2.24) is 5.32 Å². The quantitative estimate of drug-likeness (QED) is 0.920. The summed E-state index contributed by atoms with van der Waals surface area (Å²) in [6, 6.07) is 8.29. The van der Waals surface area contributed by atoms with Crippen molar-refractivity contribution in [2.24, 2.45) is 0 Å². The largest absolute Gasteiger partial charge is 0.488 e. The molecule has 2 rings (SSSR count). The summed E-state index contributed by atoms with van der Waals surface area (Å²) in [5.74, 6) is 0.885. The van der Waals surface area contributed by atoms with Gasteiger partial charge in [-0.1, -0.05) is 22.0 Å². The van der Waals surface area contributed by atoms with Gasteiger partial charge in [-0.3, -0.25) is 0 Å². The van der Waals surface area contributed by atoms with E-state index < -0.39 is 0 Å². The lowest BCUT2D eigenvalue weighted by Crippen LogP contribution is -2.60. The number of likely N-dealkylation sites (N-methyl/N-ethyl adjacent to an activating group) is 1. The summed E-state index contributed by atoms with van der Waals surface area (Å²) >= 11 is 3.43. The Balaban J connectivity index is 1.96. The average molecular weight is 286 g/mol. The maximum Gasteiger partial charge on any atom is 0.128 e. The maximum atomic E-state index is 5.87. The average Bonchev–Trinajstić information content (AvgIpc) is 2.24. The van der Waals surface area contributed by atoms with Crippen LogP contribution in [0.15, 0.2) is 28.7 Å². The van der Waals surface area contributed by atoms with E-state index >= 15 is 0 Å². The fourth-order valence-corrected chi connectivity index (χ4v) is 2.39. The number of nitrogens with one attached hydrogen (secondary N) is 1. The molecule has 0 aromatic heterocycles. The molecule has 4 heteroatoms. The molecule has 3 nitrogen and oxygen atoms in total. The Bertz CT molecular complexity index is 359. The van der Waals surface area contributed by atoms with Crippen LogP contribution in [0.2, 0.25) is 0 Å². The van der Waals surface area contributed by atoms with Crippen LogP contribution >= 0.6 is 15.9 Å². The molecule has 3 atom stereocenters. The van der Waals surface area contributed by atoms with Gasteiger partial charge in [0.2, 0.25) is 0 Å². The van der Waals surface area contributed by atoms with E-state index in [-0.39, 0.29) is 12.2 Å². The van der Waals surface area contributed by atoms with E-state index in [0.717, 1.165) is 16.6 Å². The van der Waals surface area contributed by atoms with E-state index in [2.05, 4.69) is 21.2 Å². The third-order valence-electron chi connectivity index (χ3n) is 2.98. The Morgan fingerprint density at radius 3 is 2.88 bits per heavy atom. The zero-order valence-corrected chi connectivity index (χ0v) is 11.0. The summed E-state index contributed by atoms with van der Waals surface area (Å²) in [6.45, 7) is 0. The maximum absolute atomic E-state index is 5.87. The number of benzene rings is 1. The second kappa shape index (κ2) is 5.17. The SMILES string of the molecule is CNC1CC(Oc2cccc(Br)c2)C1OC. The fraction of sp³-hybridized carbons (Fsp3) is 0.500. The van der Waals surface area contributed by atoms with Crippen LogP contribution in [0.5, 0.6) is 5.75 Å². The molecular weight excluding hydrogens is 270 g/mol. The monoisotopic (exact) mass is 285 g/mol. The lowest BCUT2D eigenvalue weighted by atomic mass is 9.85. The van der Waals surface area contributed by atoms with Crippen molar-refractivity contribution in [3.8, 4) is 5.75 Å². The van der Waals surface area contributed by atoms with Crippen LogP contribution in [-0.2, 0) is 4.74 Å². The second-order valence-electron chi connectivity index (χ2n) is 3.94. The molecule has 0 bridgehead atoms. The molecule has 3 unspecified atom stereocenters. The number of methoxy groups -OCH3 is 1. The second-order valence-corrected chi connectivity index (χ2v) is 4.86. The normalized spacial score (nSPS) is 28.6. The highest BCUT2D eigenvalue weighted by atomic mass is 79.9. The van der Waals surface area contributed by atoms with Crippen molar-refractivity contribution in [2.45, 2.75) is 24.7 Å². The van der Waals surface area contributed by atoms with Crippen molar-refractivity contribution in [3.63, 3.8) is 0 Å². The zero-order valence-electron chi connectivity index (χ0n) is 9.44. The van der Waals surface area contributed by atoms with Crippen molar-refractivity contribution in [2.75, 3.05) is 14.2 Å². The molecule has 1 N–H and O–H groups in total. The molecule has 16 heavy (non-hydrogen) atoms. The molecule has 0 amide bonds. The highest BCUT2D eigenvalue weighted by Crippen LogP contribution is 2.29. The smallest absolute Gasteiger partial charge is 0.128 e. The summed E-state index contributed by atoms with van der Waals surface area (Å²) in [7, 11) is 3.68. The number of halogens is 1. The number of hydrogen-bond acceptors (Lipinski definition) is 3. The van der Waals surface area contributed by atoms with Gasteiger partial charge in [0.15, 0.2) is 0 Å². The van der Waals surface area contributed by atoms with Gasteiger partial charge in [0.1, 0.15) is 18.0 Å². The standard InChI is InChI=1S/C12H16BrNO2/c1-14-10-7-11(12(10)15-2)16-9-5-3-4-8(13)6-9/h3-6,10-12,14H,7H2,1-2H3. The first-order chi connectivity index (χ1) is 7.74. The first kappa shape index (κ1) is 11.9. The molecule has 0 spiro atoms. The van der Waals surface area contributed by atoms with Crippen LogP contribution in [0.1, 0.15) is 6.42 Å². The molecule has 0 saturated heterocycles. The third-order valence-corrected chi connectivity index (χ3v) is 3.47. The predicted molar refractivity (Wildman–Crippen MR) is 66.8 cm³/mol. The van der Waals surface area contributed by atoms with Gasteiger partial charge >= 0.3 is 0 Å². The van der Waals surface area contributed by atoms with E-state index in [1.807, 2.05) is 31.3 Å². The molecular formula is C12H16BrNO2. The van der Waals surface area contributed by atoms with Crippen molar-refractivity contribution in [3.05, 3.63) is 28.7 Å². The summed E-state index contributed by atoms with van der Waals surface area (Å²) in [5.41, 5.74) is 0. The molecule has 1 aliphatic rings. The van der Waals surface area contributed by atoms with Crippen LogP contribution in [0.25, 0.3) is 0 Å². The van der Waals surface area contributed by atoms with Gasteiger partial charge in [0.25, 0.3) is 0 Å². The van der Waals surface area contributed by atoms with Gasteiger partial charge in [-0.05, 0) is 25.2 Å². The Morgan fingerprint density at radius 2 is 2.25 bits per heavy atom. The van der Waals surface area contributed by atoms with Crippen LogP contribution in [-0.4, -0.2) is 32.4 Å². The molecule has 0 heterocycles. The Kier molecular flexibility index (Phi) is 3.84. The zero-order chi connectivity index (χ0) is 11.5. The Labute approximate surface area is 104 Å². The van der Waals surface area contributed by atoms with Crippen molar-refractivity contribution in [1.29, 1.82) is 0 Å². The molecule has 1 fully saturated rings. The Hall–Kier alpha value is -0.580. The van der Waals surface area contributed by atoms with Gasteiger partial charge < -0.3 is 14.8 Å². The summed E-state index contributed by atoms with van der Waals surface area (Å²) < 4.78 is 12.3. The van der Waals surface area contributed by atoms with Crippen LogP contribution in [0.4, 0.5) is 0 Å². The molecule has 1 aliphatic carbocycles. The van der Waals surface area contributed by atoms with Crippen LogP contribution < -0.4 is 10.1 Å². The van der Waals surface area contributed by atoms with Gasteiger partial charge in [-0.15, -0.1) is 0 Å². The van der Waals surface area contributed by atoms with Crippen LogP contribution in [0.3, 0.4) is 0 Å². The lowest BCUT2D eigenvalue weighted by Gasteiger charge is -2.42. The highest BCUT2D eigenvalue weighted by molar-refractivity contribution is 9.10. The molecule has 88 valence electrons. The summed E-state index contributed by atoms with van der Waals surface area (Å²) in [5, 5.41) is 3.22. The minimum absolute atomic E-state index is 0.143. The van der Waals surface area contributed by atoms with Crippen molar-refractivity contribution >= 4 is 15.9 Å². The lowest BCUT2D eigenvalue weighted by molar-refractivity contribution is -0.0869. The van der Waals surface area contributed by atoms with Crippen LogP contribution in [0, 0.1) is 0 Å². The molecule has 0 radical (unpaired) electrons. The molecule has 1 saturated carbocycles. The Morgan fingerprint density at radius 1 is 1.44 bits per heavy atom. The van der Waals surface area contributed by atoms with Gasteiger partial charge in [-0.25, -0.2) is 0 Å². The first-order valence-electron chi connectivity index (χ1n) is 5.37. The molecule has 1 aromatic rings. The van der Waals surface area contributed by atoms with E-state index in [4.69, 9.17) is 9.47 Å². The topological polar surface area (TPSA) is 30.5 Å². The van der Waals surface area contributed by atoms with E-state index in [9.17, 15) is 0 Å². The summed E-state index contributed by atoms with van der Waals surface area (Å²) in [6.07, 6.45) is 1.28. The minimum atomic E-state index is 0.143. The predicted octanol–water partition coefficient (Wildman–Crippen LogP) is 2.20. The fourth-order valence-electron chi connectivity index (χ4n) is 2.01. The van der Waals surface area contributed by atoms with Crippen molar-refractivity contribution < 1.29 is 9.47 Å². The first-order valence-corrected chi connectivity index (χ1v) is 6.16. The van der Waals surface area contributed by atoms with E-state index in [1.165, 1.54) is 0 Å². The van der Waals surface area contributed by atoms with E-state index in [1.54, 1.807) is 7.11 Å². The minimum Gasteiger partial charge on any atom is -0.488 e. The molecule has 0 aliphatic heterocycles. The number of rotatable bonds is 4.